The summed E-state index contributed by atoms with van der Waals surface area (Å²) < 4.78 is 6.74. The SMILES string of the molecule is O=C(CCCn1c(=O)oc2ccccc21)Nc1nc(-c2ccccc2Cl)cs1. The van der Waals surface area contributed by atoms with Crippen molar-refractivity contribution in [2.24, 2.45) is 0 Å². The summed E-state index contributed by atoms with van der Waals surface area (Å²) in [7, 11) is 0. The Hall–Kier alpha value is -2.90. The molecule has 1 N–H and O–H groups in total. The third-order valence-electron chi connectivity index (χ3n) is 4.26. The van der Waals surface area contributed by atoms with Crippen LogP contribution in [0.3, 0.4) is 0 Å². The standard InChI is InChI=1S/C20H16ClN3O3S/c21-14-7-2-1-6-13(14)15-12-28-19(22-15)23-18(25)10-5-11-24-16-8-3-4-9-17(16)27-20(24)26/h1-4,6-9,12H,5,10-11H2,(H,22,23,25). The zero-order valence-electron chi connectivity index (χ0n) is 14.7. The summed E-state index contributed by atoms with van der Waals surface area (Å²) in [6.45, 7) is 0.409. The van der Waals surface area contributed by atoms with E-state index in [4.69, 9.17) is 16.0 Å². The molecular weight excluding hydrogens is 398 g/mol. The molecule has 142 valence electrons. The van der Waals surface area contributed by atoms with Gasteiger partial charge in [0.2, 0.25) is 5.91 Å². The number of carbonyl (C=O) groups is 1. The highest BCUT2D eigenvalue weighted by molar-refractivity contribution is 7.14. The molecule has 6 nitrogen and oxygen atoms in total. The lowest BCUT2D eigenvalue weighted by atomic mass is 10.2. The first-order valence-electron chi connectivity index (χ1n) is 8.70. The largest absolute Gasteiger partial charge is 0.419 e. The van der Waals surface area contributed by atoms with Crippen LogP contribution in [0.25, 0.3) is 22.4 Å². The summed E-state index contributed by atoms with van der Waals surface area (Å²) in [5.74, 6) is -0.563. The van der Waals surface area contributed by atoms with Crippen molar-refractivity contribution in [3.05, 3.63) is 69.5 Å². The van der Waals surface area contributed by atoms with Crippen LogP contribution in [0, 0.1) is 0 Å². The molecule has 2 aromatic heterocycles. The minimum atomic E-state index is -0.411. The Morgan fingerprint density at radius 3 is 2.82 bits per heavy atom. The van der Waals surface area contributed by atoms with Crippen molar-refractivity contribution in [3.8, 4) is 11.3 Å². The van der Waals surface area contributed by atoms with Gasteiger partial charge in [0.25, 0.3) is 0 Å². The normalized spacial score (nSPS) is 11.0. The Morgan fingerprint density at radius 1 is 1.18 bits per heavy atom. The van der Waals surface area contributed by atoms with Gasteiger partial charge in [-0.2, -0.15) is 0 Å². The van der Waals surface area contributed by atoms with E-state index in [0.717, 1.165) is 16.8 Å². The smallest absolute Gasteiger partial charge is 0.408 e. The minimum Gasteiger partial charge on any atom is -0.408 e. The van der Waals surface area contributed by atoms with E-state index in [0.29, 0.717) is 28.7 Å². The molecule has 4 rings (SSSR count). The molecule has 0 aliphatic carbocycles. The van der Waals surface area contributed by atoms with Crippen LogP contribution in [0.2, 0.25) is 5.02 Å². The first-order valence-corrected chi connectivity index (χ1v) is 9.96. The maximum Gasteiger partial charge on any atom is 0.419 e. The molecule has 0 unspecified atom stereocenters. The number of nitrogens with zero attached hydrogens (tertiary/aromatic N) is 2. The van der Waals surface area contributed by atoms with E-state index in [1.54, 1.807) is 16.7 Å². The van der Waals surface area contributed by atoms with Gasteiger partial charge < -0.3 is 9.73 Å². The fourth-order valence-corrected chi connectivity index (χ4v) is 3.89. The van der Waals surface area contributed by atoms with E-state index < -0.39 is 5.76 Å². The Morgan fingerprint density at radius 2 is 1.96 bits per heavy atom. The number of fused-ring (bicyclic) bond motifs is 1. The summed E-state index contributed by atoms with van der Waals surface area (Å²) in [5, 5.41) is 5.79. The molecule has 0 aliphatic heterocycles. The summed E-state index contributed by atoms with van der Waals surface area (Å²) in [6, 6.07) is 14.7. The third-order valence-corrected chi connectivity index (χ3v) is 5.35. The molecule has 0 bridgehead atoms. The monoisotopic (exact) mass is 413 g/mol. The molecule has 2 heterocycles. The molecule has 0 atom stereocenters. The van der Waals surface area contributed by atoms with Gasteiger partial charge in [0.15, 0.2) is 10.7 Å². The van der Waals surface area contributed by atoms with Gasteiger partial charge in [-0.1, -0.05) is 41.9 Å². The lowest BCUT2D eigenvalue weighted by molar-refractivity contribution is -0.116. The second-order valence-electron chi connectivity index (χ2n) is 6.16. The van der Waals surface area contributed by atoms with E-state index in [2.05, 4.69) is 10.3 Å². The molecule has 0 fully saturated rings. The first-order chi connectivity index (χ1) is 13.6. The van der Waals surface area contributed by atoms with Crippen LogP contribution in [0.15, 0.2) is 63.1 Å². The third kappa shape index (κ3) is 3.85. The number of oxazole rings is 1. The fraction of sp³-hybridized carbons (Fsp3) is 0.150. The second-order valence-corrected chi connectivity index (χ2v) is 7.42. The minimum absolute atomic E-state index is 0.152. The van der Waals surface area contributed by atoms with Crippen LogP contribution < -0.4 is 11.1 Å². The van der Waals surface area contributed by atoms with E-state index in [1.165, 1.54) is 11.3 Å². The van der Waals surface area contributed by atoms with Crippen molar-refractivity contribution < 1.29 is 9.21 Å². The highest BCUT2D eigenvalue weighted by Crippen LogP contribution is 2.30. The molecule has 8 heteroatoms. The number of rotatable bonds is 6. The summed E-state index contributed by atoms with van der Waals surface area (Å²) >= 11 is 7.53. The zero-order valence-corrected chi connectivity index (χ0v) is 16.3. The number of hydrogen-bond donors (Lipinski definition) is 1. The average Bonchev–Trinajstić information content (AvgIpc) is 3.26. The van der Waals surface area contributed by atoms with Crippen LogP contribution in [-0.2, 0) is 11.3 Å². The molecule has 0 radical (unpaired) electrons. The Balaban J connectivity index is 1.36. The predicted octanol–water partition coefficient (Wildman–Crippen LogP) is 4.79. The first kappa shape index (κ1) is 18.5. The van der Waals surface area contributed by atoms with Gasteiger partial charge in [-0.05, 0) is 24.6 Å². The van der Waals surface area contributed by atoms with E-state index in [9.17, 15) is 9.59 Å². The number of para-hydroxylation sites is 2. The molecular formula is C20H16ClN3O3S. The van der Waals surface area contributed by atoms with Gasteiger partial charge in [0.05, 0.1) is 11.2 Å². The summed E-state index contributed by atoms with van der Waals surface area (Å²) in [6.07, 6.45) is 0.783. The van der Waals surface area contributed by atoms with Crippen molar-refractivity contribution in [1.82, 2.24) is 9.55 Å². The summed E-state index contributed by atoms with van der Waals surface area (Å²) in [4.78, 5) is 28.6. The maximum atomic E-state index is 12.2. The van der Waals surface area contributed by atoms with Crippen molar-refractivity contribution in [2.45, 2.75) is 19.4 Å². The lowest BCUT2D eigenvalue weighted by Crippen LogP contribution is -2.17. The number of anilines is 1. The lowest BCUT2D eigenvalue weighted by Gasteiger charge is -2.03. The molecule has 4 aromatic rings. The van der Waals surface area contributed by atoms with E-state index in [1.807, 2.05) is 41.8 Å². The fourth-order valence-electron chi connectivity index (χ4n) is 2.93. The molecule has 1 amide bonds. The summed E-state index contributed by atoms with van der Waals surface area (Å²) in [5.41, 5.74) is 2.83. The number of nitrogens with one attached hydrogen (secondary N) is 1. The number of hydrogen-bond acceptors (Lipinski definition) is 5. The molecule has 0 spiro atoms. The van der Waals surface area contributed by atoms with Crippen LogP contribution in [0.5, 0.6) is 0 Å². The average molecular weight is 414 g/mol. The molecule has 2 aromatic carbocycles. The highest BCUT2D eigenvalue weighted by atomic mass is 35.5. The second kappa shape index (κ2) is 8.00. The number of carbonyl (C=O) groups excluding carboxylic acids is 1. The molecule has 0 saturated heterocycles. The van der Waals surface area contributed by atoms with E-state index >= 15 is 0 Å². The van der Waals surface area contributed by atoms with Gasteiger partial charge in [-0.15, -0.1) is 11.3 Å². The molecule has 0 saturated carbocycles. The van der Waals surface area contributed by atoms with Crippen LogP contribution >= 0.6 is 22.9 Å². The van der Waals surface area contributed by atoms with Crippen LogP contribution in [0.4, 0.5) is 5.13 Å². The zero-order chi connectivity index (χ0) is 19.5. The van der Waals surface area contributed by atoms with Gasteiger partial charge in [-0.25, -0.2) is 9.78 Å². The Kier molecular flexibility index (Phi) is 5.27. The number of amides is 1. The number of thiazole rings is 1. The number of aryl methyl sites for hydroxylation is 1. The maximum absolute atomic E-state index is 12.2. The van der Waals surface area contributed by atoms with Gasteiger partial charge in [-0.3, -0.25) is 9.36 Å². The highest BCUT2D eigenvalue weighted by Gasteiger charge is 2.12. The number of aromatic nitrogens is 2. The van der Waals surface area contributed by atoms with Crippen molar-refractivity contribution in [1.29, 1.82) is 0 Å². The Labute approximate surface area is 169 Å². The van der Waals surface area contributed by atoms with Crippen LogP contribution in [-0.4, -0.2) is 15.5 Å². The topological polar surface area (TPSA) is 77.1 Å². The predicted molar refractivity (Wildman–Crippen MR) is 111 cm³/mol. The van der Waals surface area contributed by atoms with Crippen LogP contribution in [0.1, 0.15) is 12.8 Å². The van der Waals surface area contributed by atoms with Crippen molar-refractivity contribution in [2.75, 3.05) is 5.32 Å². The van der Waals surface area contributed by atoms with Crippen molar-refractivity contribution >= 4 is 45.1 Å². The molecule has 28 heavy (non-hydrogen) atoms. The van der Waals surface area contributed by atoms with Crippen molar-refractivity contribution in [3.63, 3.8) is 0 Å². The number of halogens is 1. The van der Waals surface area contributed by atoms with Gasteiger partial charge in [0, 0.05) is 28.9 Å². The van der Waals surface area contributed by atoms with Gasteiger partial charge >= 0.3 is 5.76 Å². The van der Waals surface area contributed by atoms with E-state index in [-0.39, 0.29) is 12.3 Å². The molecule has 0 aliphatic rings. The Bertz CT molecular complexity index is 1190. The van der Waals surface area contributed by atoms with Gasteiger partial charge in [0.1, 0.15) is 0 Å². The quantitative estimate of drug-likeness (QED) is 0.493. The number of benzene rings is 2.